The maximum absolute atomic E-state index is 5.58. The van der Waals surface area contributed by atoms with Gasteiger partial charge in [0.05, 0.1) is 6.26 Å². The summed E-state index contributed by atoms with van der Waals surface area (Å²) in [4.78, 5) is 0.281. The fourth-order valence-electron chi connectivity index (χ4n) is 2.17. The van der Waals surface area contributed by atoms with E-state index in [4.69, 9.17) is 4.42 Å². The highest BCUT2D eigenvalue weighted by molar-refractivity contribution is 9.09. The van der Waals surface area contributed by atoms with Crippen LogP contribution in [-0.4, -0.2) is 0 Å². The molecule has 0 N–H and O–H groups in total. The first-order valence-corrected chi connectivity index (χ1v) is 6.90. The van der Waals surface area contributed by atoms with E-state index < -0.39 is 0 Å². The van der Waals surface area contributed by atoms with Crippen molar-refractivity contribution in [2.75, 3.05) is 0 Å². The molecule has 1 unspecified atom stereocenters. The van der Waals surface area contributed by atoms with Crippen LogP contribution < -0.4 is 0 Å². The first-order chi connectivity index (χ1) is 8.84. The van der Waals surface area contributed by atoms with Gasteiger partial charge in [-0.25, -0.2) is 0 Å². The molecule has 90 valence electrons. The number of furan rings is 1. The largest absolute Gasteiger partial charge is 0.464 e. The SMILES string of the molecule is BrC(Cc1ccccc1)c1coc2ccccc12. The van der Waals surface area contributed by atoms with Gasteiger partial charge in [-0.3, -0.25) is 0 Å². The molecule has 0 spiro atoms. The van der Waals surface area contributed by atoms with Gasteiger partial charge in [-0.1, -0.05) is 64.5 Å². The van der Waals surface area contributed by atoms with Crippen LogP contribution in [0.1, 0.15) is 16.0 Å². The van der Waals surface area contributed by atoms with Crippen LogP contribution in [0.25, 0.3) is 11.0 Å². The molecule has 1 atom stereocenters. The van der Waals surface area contributed by atoms with Gasteiger partial charge < -0.3 is 4.42 Å². The molecule has 18 heavy (non-hydrogen) atoms. The fraction of sp³-hybridized carbons (Fsp3) is 0.125. The van der Waals surface area contributed by atoms with Crippen molar-refractivity contribution in [3.05, 3.63) is 72.0 Å². The zero-order chi connectivity index (χ0) is 12.4. The zero-order valence-electron chi connectivity index (χ0n) is 9.84. The van der Waals surface area contributed by atoms with Gasteiger partial charge in [-0.05, 0) is 18.1 Å². The van der Waals surface area contributed by atoms with Crippen molar-refractivity contribution in [1.82, 2.24) is 0 Å². The minimum atomic E-state index is 0.281. The highest BCUT2D eigenvalue weighted by Gasteiger charge is 2.14. The van der Waals surface area contributed by atoms with E-state index >= 15 is 0 Å². The molecule has 1 nitrogen and oxygen atoms in total. The lowest BCUT2D eigenvalue weighted by Gasteiger charge is -2.08. The summed E-state index contributed by atoms with van der Waals surface area (Å²) in [5.41, 5.74) is 3.49. The molecule has 2 aromatic carbocycles. The number of alkyl halides is 1. The summed E-state index contributed by atoms with van der Waals surface area (Å²) in [6, 6.07) is 18.6. The molecule has 3 aromatic rings. The van der Waals surface area contributed by atoms with E-state index in [9.17, 15) is 0 Å². The van der Waals surface area contributed by atoms with Crippen LogP contribution >= 0.6 is 15.9 Å². The smallest absolute Gasteiger partial charge is 0.134 e. The summed E-state index contributed by atoms with van der Waals surface area (Å²) in [6.07, 6.45) is 2.82. The number of fused-ring (bicyclic) bond motifs is 1. The van der Waals surface area contributed by atoms with Crippen LogP contribution in [0.3, 0.4) is 0 Å². The van der Waals surface area contributed by atoms with Gasteiger partial charge in [-0.15, -0.1) is 0 Å². The number of hydrogen-bond donors (Lipinski definition) is 0. The Balaban J connectivity index is 1.90. The Labute approximate surface area is 115 Å². The first kappa shape index (κ1) is 11.5. The number of benzene rings is 2. The van der Waals surface area contributed by atoms with Gasteiger partial charge >= 0.3 is 0 Å². The van der Waals surface area contributed by atoms with Gasteiger partial charge in [0.2, 0.25) is 0 Å². The third kappa shape index (κ3) is 2.21. The Kier molecular flexibility index (Phi) is 3.20. The molecule has 0 aliphatic heterocycles. The monoisotopic (exact) mass is 300 g/mol. The average Bonchev–Trinajstić information content (AvgIpc) is 2.84. The van der Waals surface area contributed by atoms with Crippen LogP contribution in [0.15, 0.2) is 65.3 Å². The molecule has 0 amide bonds. The molecule has 1 heterocycles. The Morgan fingerprint density at radius 2 is 1.67 bits per heavy atom. The van der Waals surface area contributed by atoms with Gasteiger partial charge in [0.25, 0.3) is 0 Å². The van der Waals surface area contributed by atoms with Crippen molar-refractivity contribution < 1.29 is 4.42 Å². The van der Waals surface area contributed by atoms with Crippen molar-refractivity contribution in [2.24, 2.45) is 0 Å². The van der Waals surface area contributed by atoms with Crippen LogP contribution in [0.4, 0.5) is 0 Å². The Hall–Kier alpha value is -1.54. The number of para-hydroxylation sites is 1. The van der Waals surface area contributed by atoms with E-state index in [1.165, 1.54) is 16.5 Å². The quantitative estimate of drug-likeness (QED) is 0.613. The number of rotatable bonds is 3. The summed E-state index contributed by atoms with van der Waals surface area (Å²) in [6.45, 7) is 0. The average molecular weight is 301 g/mol. The third-order valence-corrected chi connectivity index (χ3v) is 3.92. The van der Waals surface area contributed by atoms with Gasteiger partial charge in [-0.2, -0.15) is 0 Å². The fourth-order valence-corrected chi connectivity index (χ4v) is 2.90. The Morgan fingerprint density at radius 3 is 2.50 bits per heavy atom. The predicted molar refractivity (Wildman–Crippen MR) is 78.0 cm³/mol. The van der Waals surface area contributed by atoms with E-state index in [2.05, 4.69) is 46.3 Å². The number of hydrogen-bond acceptors (Lipinski definition) is 1. The van der Waals surface area contributed by atoms with E-state index in [1.807, 2.05) is 30.5 Å². The minimum absolute atomic E-state index is 0.281. The molecule has 0 fully saturated rings. The van der Waals surface area contributed by atoms with Gasteiger partial charge in [0.1, 0.15) is 5.58 Å². The Bertz CT molecular complexity index is 642. The van der Waals surface area contributed by atoms with Gasteiger partial charge in [0.15, 0.2) is 0 Å². The van der Waals surface area contributed by atoms with Crippen LogP contribution in [0.2, 0.25) is 0 Å². The maximum atomic E-state index is 5.58. The predicted octanol–water partition coefficient (Wildman–Crippen LogP) is 5.11. The van der Waals surface area contributed by atoms with Gasteiger partial charge in [0, 0.05) is 15.8 Å². The van der Waals surface area contributed by atoms with E-state index in [1.54, 1.807) is 0 Å². The summed E-state index contributed by atoms with van der Waals surface area (Å²) < 4.78 is 5.58. The summed E-state index contributed by atoms with van der Waals surface area (Å²) in [5.74, 6) is 0. The molecule has 0 aliphatic carbocycles. The third-order valence-electron chi connectivity index (χ3n) is 3.11. The Morgan fingerprint density at radius 1 is 0.944 bits per heavy atom. The summed E-state index contributed by atoms with van der Waals surface area (Å²) in [5, 5.41) is 1.19. The van der Waals surface area contributed by atoms with Crippen molar-refractivity contribution in [2.45, 2.75) is 11.2 Å². The molecular formula is C16H13BrO. The zero-order valence-corrected chi connectivity index (χ0v) is 11.4. The number of halogens is 1. The van der Waals surface area contributed by atoms with Crippen LogP contribution in [0.5, 0.6) is 0 Å². The topological polar surface area (TPSA) is 13.1 Å². The second-order valence-electron chi connectivity index (χ2n) is 4.34. The van der Waals surface area contributed by atoms with Crippen molar-refractivity contribution >= 4 is 26.9 Å². The molecule has 2 heteroatoms. The highest BCUT2D eigenvalue weighted by Crippen LogP contribution is 2.33. The first-order valence-electron chi connectivity index (χ1n) is 5.99. The molecule has 0 radical (unpaired) electrons. The lowest BCUT2D eigenvalue weighted by atomic mass is 10.0. The van der Waals surface area contributed by atoms with Crippen molar-refractivity contribution in [1.29, 1.82) is 0 Å². The summed E-state index contributed by atoms with van der Waals surface area (Å²) in [7, 11) is 0. The van der Waals surface area contributed by atoms with Crippen LogP contribution in [0, 0.1) is 0 Å². The van der Waals surface area contributed by atoms with E-state index in [0.29, 0.717) is 0 Å². The van der Waals surface area contributed by atoms with E-state index in [0.717, 1.165) is 12.0 Å². The lowest BCUT2D eigenvalue weighted by molar-refractivity contribution is 0.610. The highest BCUT2D eigenvalue weighted by atomic mass is 79.9. The molecule has 0 saturated carbocycles. The van der Waals surface area contributed by atoms with E-state index in [-0.39, 0.29) is 4.83 Å². The molecular weight excluding hydrogens is 288 g/mol. The van der Waals surface area contributed by atoms with Crippen molar-refractivity contribution in [3.63, 3.8) is 0 Å². The molecule has 0 aliphatic rings. The molecule has 3 rings (SSSR count). The normalized spacial score (nSPS) is 12.7. The molecule has 0 saturated heterocycles. The lowest BCUT2D eigenvalue weighted by Crippen LogP contribution is -1.93. The summed E-state index contributed by atoms with van der Waals surface area (Å²) >= 11 is 3.76. The van der Waals surface area contributed by atoms with Crippen molar-refractivity contribution in [3.8, 4) is 0 Å². The minimum Gasteiger partial charge on any atom is -0.464 e. The standard InChI is InChI=1S/C16H13BrO/c17-15(10-12-6-2-1-3-7-12)14-11-18-16-9-5-4-8-13(14)16/h1-9,11,15H,10H2. The maximum Gasteiger partial charge on any atom is 0.134 e. The molecule has 1 aromatic heterocycles. The molecule has 0 bridgehead atoms. The van der Waals surface area contributed by atoms with Crippen LogP contribution in [-0.2, 0) is 6.42 Å². The second-order valence-corrected chi connectivity index (χ2v) is 5.45. The second kappa shape index (κ2) is 4.99.